The Balaban J connectivity index is 1.61. The van der Waals surface area contributed by atoms with Crippen LogP contribution in [0.3, 0.4) is 0 Å². The molecule has 136 valence electrons. The number of aromatic nitrogens is 2. The van der Waals surface area contributed by atoms with E-state index in [4.69, 9.17) is 0 Å². The van der Waals surface area contributed by atoms with E-state index in [1.54, 1.807) is 11.0 Å². The normalized spacial score (nSPS) is 22.6. The number of halogens is 1. The molecule has 1 aliphatic heterocycles. The molecule has 1 N–H and O–H groups in total. The third kappa shape index (κ3) is 3.09. The van der Waals surface area contributed by atoms with Gasteiger partial charge in [0.2, 0.25) is 5.95 Å². The van der Waals surface area contributed by atoms with Crippen molar-refractivity contribution in [3.63, 3.8) is 0 Å². The first kappa shape index (κ1) is 17.1. The van der Waals surface area contributed by atoms with E-state index < -0.39 is 12.1 Å². The van der Waals surface area contributed by atoms with E-state index in [9.17, 15) is 14.3 Å². The Bertz CT molecular complexity index is 855. The van der Waals surface area contributed by atoms with E-state index in [-0.39, 0.29) is 11.9 Å². The Kier molecular flexibility index (Phi) is 4.44. The number of aryl methyl sites for hydroxylation is 1. The summed E-state index contributed by atoms with van der Waals surface area (Å²) in [4.78, 5) is 22.9. The van der Waals surface area contributed by atoms with Gasteiger partial charge in [0, 0.05) is 11.9 Å². The van der Waals surface area contributed by atoms with E-state index >= 15 is 0 Å². The molecule has 0 spiro atoms. The minimum absolute atomic E-state index is 0.0550. The van der Waals surface area contributed by atoms with Crippen LogP contribution >= 0.6 is 0 Å². The zero-order valence-corrected chi connectivity index (χ0v) is 14.8. The van der Waals surface area contributed by atoms with Gasteiger partial charge in [-0.1, -0.05) is 12.8 Å². The van der Waals surface area contributed by atoms with Gasteiger partial charge in [-0.3, -0.25) is 9.78 Å². The van der Waals surface area contributed by atoms with Crippen LogP contribution in [0, 0.1) is 12.9 Å². The minimum Gasteiger partial charge on any atom is -0.391 e. The second kappa shape index (κ2) is 6.76. The molecule has 3 heterocycles. The number of carbonyl (C=O) groups excluding carboxylic acids is 1. The first-order valence-electron chi connectivity index (χ1n) is 9.12. The molecule has 6 heteroatoms. The number of aliphatic hydroxyl groups is 1. The van der Waals surface area contributed by atoms with Gasteiger partial charge < -0.3 is 10.0 Å². The molecule has 0 unspecified atom stereocenters. The lowest BCUT2D eigenvalue weighted by atomic mass is 9.91. The minimum atomic E-state index is -0.511. The third-order valence-electron chi connectivity index (χ3n) is 5.49. The summed E-state index contributed by atoms with van der Waals surface area (Å²) in [5.41, 5.74) is 3.94. The Hall–Kier alpha value is -2.34. The summed E-state index contributed by atoms with van der Waals surface area (Å²) in [7, 11) is 0. The van der Waals surface area contributed by atoms with Crippen LogP contribution in [-0.4, -0.2) is 38.0 Å². The monoisotopic (exact) mass is 355 g/mol. The number of carbonyl (C=O) groups is 1. The maximum atomic E-state index is 13.3. The number of amides is 1. The molecule has 1 saturated carbocycles. The molecule has 0 radical (unpaired) electrons. The number of rotatable bonds is 3. The molecule has 5 nitrogen and oxygen atoms in total. The fourth-order valence-electron chi connectivity index (χ4n) is 4.06. The predicted molar refractivity (Wildman–Crippen MR) is 94.1 cm³/mol. The average Bonchev–Trinajstić information content (AvgIpc) is 2.92. The zero-order chi connectivity index (χ0) is 18.3. The number of aliphatic hydroxyl groups excluding tert-OH is 1. The van der Waals surface area contributed by atoms with Crippen LogP contribution in [0.5, 0.6) is 0 Å². The Morgan fingerprint density at radius 1 is 1.31 bits per heavy atom. The summed E-state index contributed by atoms with van der Waals surface area (Å²) in [6.07, 6.45) is 5.12. The van der Waals surface area contributed by atoms with Crippen molar-refractivity contribution < 1.29 is 14.3 Å². The number of hydrogen-bond acceptors (Lipinski definition) is 4. The quantitative estimate of drug-likeness (QED) is 0.860. The molecule has 2 aliphatic rings. The molecular weight excluding hydrogens is 333 g/mol. The highest BCUT2D eigenvalue weighted by Crippen LogP contribution is 2.31. The van der Waals surface area contributed by atoms with Crippen LogP contribution in [0.25, 0.3) is 0 Å². The molecule has 2 atom stereocenters. The molecule has 0 bridgehead atoms. The van der Waals surface area contributed by atoms with Crippen LogP contribution in [0.1, 0.15) is 58.6 Å². The maximum absolute atomic E-state index is 13.3. The van der Waals surface area contributed by atoms with E-state index in [0.717, 1.165) is 48.2 Å². The highest BCUT2D eigenvalue weighted by atomic mass is 19.1. The van der Waals surface area contributed by atoms with Crippen LogP contribution in [0.2, 0.25) is 0 Å². The second-order valence-corrected chi connectivity index (χ2v) is 7.24. The van der Waals surface area contributed by atoms with Crippen LogP contribution in [0.4, 0.5) is 4.39 Å². The third-order valence-corrected chi connectivity index (χ3v) is 5.49. The van der Waals surface area contributed by atoms with Gasteiger partial charge in [0.25, 0.3) is 5.91 Å². The van der Waals surface area contributed by atoms with Crippen molar-refractivity contribution in [2.24, 2.45) is 0 Å². The van der Waals surface area contributed by atoms with Crippen molar-refractivity contribution in [2.75, 3.05) is 0 Å². The Labute approximate surface area is 151 Å². The number of pyridine rings is 2. The second-order valence-electron chi connectivity index (χ2n) is 7.24. The summed E-state index contributed by atoms with van der Waals surface area (Å²) >= 11 is 0. The van der Waals surface area contributed by atoms with Gasteiger partial charge in [-0.05, 0) is 55.5 Å². The lowest BCUT2D eigenvalue weighted by molar-refractivity contribution is 0.0189. The van der Waals surface area contributed by atoms with E-state index in [1.165, 1.54) is 12.3 Å². The summed E-state index contributed by atoms with van der Waals surface area (Å²) in [5.74, 6) is -0.566. The van der Waals surface area contributed by atoms with Gasteiger partial charge in [0.05, 0.1) is 29.9 Å². The molecule has 4 rings (SSSR count). The topological polar surface area (TPSA) is 66.3 Å². The van der Waals surface area contributed by atoms with Crippen LogP contribution in [0.15, 0.2) is 24.4 Å². The highest BCUT2D eigenvalue weighted by molar-refractivity contribution is 5.98. The number of fused-ring (bicyclic) bond motifs is 1. The molecule has 1 amide bonds. The standard InChI is InChI=1S/C20H22FN3O2/c1-12-14(8-13-6-7-22-19(21)9-13)10-15-16(23-12)11-24(20(15)26)17-4-2-3-5-18(17)25/h6-7,9-10,17-18,25H,2-5,8,11H2,1H3/t17-,18-/m0/s1. The van der Waals surface area contributed by atoms with Gasteiger partial charge in [-0.2, -0.15) is 4.39 Å². The molecule has 26 heavy (non-hydrogen) atoms. The number of nitrogens with zero attached hydrogens (tertiary/aromatic N) is 3. The maximum Gasteiger partial charge on any atom is 0.256 e. The molecular formula is C20H22FN3O2. The van der Waals surface area contributed by atoms with E-state index in [0.29, 0.717) is 18.5 Å². The first-order chi connectivity index (χ1) is 12.5. The average molecular weight is 355 g/mol. The molecule has 1 aliphatic carbocycles. The lowest BCUT2D eigenvalue weighted by Crippen LogP contribution is -2.45. The summed E-state index contributed by atoms with van der Waals surface area (Å²) in [6, 6.07) is 4.93. The summed E-state index contributed by atoms with van der Waals surface area (Å²) < 4.78 is 13.3. The SMILES string of the molecule is Cc1nc2c(cc1Cc1ccnc(F)c1)C(=O)N([C@H]1CCCC[C@@H]1O)C2. The summed E-state index contributed by atoms with van der Waals surface area (Å²) in [5, 5.41) is 10.3. The van der Waals surface area contributed by atoms with Gasteiger partial charge in [-0.15, -0.1) is 0 Å². The molecule has 2 aromatic rings. The van der Waals surface area contributed by atoms with Crippen molar-refractivity contribution in [2.45, 2.75) is 57.7 Å². The van der Waals surface area contributed by atoms with Gasteiger partial charge in [-0.25, -0.2) is 4.98 Å². The highest BCUT2D eigenvalue weighted by Gasteiger charge is 2.38. The van der Waals surface area contributed by atoms with E-state index in [2.05, 4.69) is 9.97 Å². The predicted octanol–water partition coefficient (Wildman–Crippen LogP) is 2.77. The van der Waals surface area contributed by atoms with Crippen LogP contribution in [-0.2, 0) is 13.0 Å². The fraction of sp³-hybridized carbons (Fsp3) is 0.450. The molecule has 1 fully saturated rings. The Morgan fingerprint density at radius 2 is 2.12 bits per heavy atom. The molecule has 0 aromatic carbocycles. The van der Waals surface area contributed by atoms with Crippen molar-refractivity contribution in [3.8, 4) is 0 Å². The molecule has 0 saturated heterocycles. The van der Waals surface area contributed by atoms with Crippen molar-refractivity contribution >= 4 is 5.91 Å². The van der Waals surface area contributed by atoms with Crippen molar-refractivity contribution in [1.82, 2.24) is 14.9 Å². The number of hydrogen-bond donors (Lipinski definition) is 1. The van der Waals surface area contributed by atoms with Crippen molar-refractivity contribution in [3.05, 3.63) is 58.4 Å². The molecule has 2 aromatic heterocycles. The lowest BCUT2D eigenvalue weighted by Gasteiger charge is -2.34. The van der Waals surface area contributed by atoms with E-state index in [1.807, 2.05) is 13.0 Å². The smallest absolute Gasteiger partial charge is 0.256 e. The summed E-state index contributed by atoms with van der Waals surface area (Å²) in [6.45, 7) is 2.37. The van der Waals surface area contributed by atoms with Gasteiger partial charge in [0.15, 0.2) is 0 Å². The van der Waals surface area contributed by atoms with Crippen LogP contribution < -0.4 is 0 Å². The van der Waals surface area contributed by atoms with Gasteiger partial charge >= 0.3 is 0 Å². The van der Waals surface area contributed by atoms with Crippen molar-refractivity contribution in [1.29, 1.82) is 0 Å². The largest absolute Gasteiger partial charge is 0.391 e. The fourth-order valence-corrected chi connectivity index (χ4v) is 4.06. The zero-order valence-electron chi connectivity index (χ0n) is 14.8. The first-order valence-corrected chi connectivity index (χ1v) is 9.12. The Morgan fingerprint density at radius 3 is 2.88 bits per heavy atom. The van der Waals surface area contributed by atoms with Gasteiger partial charge in [0.1, 0.15) is 0 Å².